The summed E-state index contributed by atoms with van der Waals surface area (Å²) in [5, 5.41) is 12.6. The van der Waals surface area contributed by atoms with E-state index in [2.05, 4.69) is 10.3 Å². The number of benzene rings is 1. The first-order valence-electron chi connectivity index (χ1n) is 7.30. The van der Waals surface area contributed by atoms with Gasteiger partial charge in [0.2, 0.25) is 5.91 Å². The third-order valence-corrected chi connectivity index (χ3v) is 3.60. The Labute approximate surface area is 128 Å². The van der Waals surface area contributed by atoms with Crippen molar-refractivity contribution in [1.29, 1.82) is 0 Å². The van der Waals surface area contributed by atoms with Gasteiger partial charge in [0.15, 0.2) is 0 Å². The second-order valence-electron chi connectivity index (χ2n) is 5.51. The maximum Gasteiger partial charge on any atom is 0.303 e. The molecule has 0 aliphatic rings. The maximum atomic E-state index is 11.9. The maximum absolute atomic E-state index is 11.9. The van der Waals surface area contributed by atoms with Gasteiger partial charge in [-0.25, -0.2) is 0 Å². The standard InChI is InChI=1S/C16H21N3O3/c1-10(19-16(22)13(17)6-7-15(20)21)8-11-9-18-14-5-3-2-4-12(11)14/h2-5,9-10,13,18H,6-8,17H2,1H3,(H,19,22)(H,20,21)/t10-,13+/m1/s1. The van der Waals surface area contributed by atoms with Gasteiger partial charge in [0, 0.05) is 29.6 Å². The van der Waals surface area contributed by atoms with E-state index in [1.807, 2.05) is 37.4 Å². The molecule has 0 aliphatic carbocycles. The van der Waals surface area contributed by atoms with Crippen LogP contribution in [0.4, 0.5) is 0 Å². The molecule has 118 valence electrons. The van der Waals surface area contributed by atoms with Gasteiger partial charge in [0.1, 0.15) is 0 Å². The Hall–Kier alpha value is -2.34. The first-order valence-corrected chi connectivity index (χ1v) is 7.30. The molecule has 0 unspecified atom stereocenters. The Morgan fingerprint density at radius 1 is 1.36 bits per heavy atom. The van der Waals surface area contributed by atoms with E-state index < -0.39 is 12.0 Å². The highest BCUT2D eigenvalue weighted by atomic mass is 16.4. The quantitative estimate of drug-likeness (QED) is 0.620. The Balaban J connectivity index is 1.91. The highest BCUT2D eigenvalue weighted by Crippen LogP contribution is 2.19. The molecule has 0 saturated carbocycles. The fourth-order valence-electron chi connectivity index (χ4n) is 2.44. The molecule has 0 spiro atoms. The van der Waals surface area contributed by atoms with Crippen LogP contribution in [0.25, 0.3) is 10.9 Å². The van der Waals surface area contributed by atoms with Crippen molar-refractivity contribution in [2.45, 2.75) is 38.3 Å². The molecule has 6 heteroatoms. The molecular weight excluding hydrogens is 282 g/mol. The van der Waals surface area contributed by atoms with Gasteiger partial charge >= 0.3 is 5.97 Å². The van der Waals surface area contributed by atoms with Crippen LogP contribution in [0.3, 0.4) is 0 Å². The molecule has 1 heterocycles. The Kier molecular flexibility index (Phi) is 5.16. The van der Waals surface area contributed by atoms with Crippen LogP contribution in [-0.4, -0.2) is 34.1 Å². The number of aromatic nitrogens is 1. The van der Waals surface area contributed by atoms with Gasteiger partial charge in [-0.05, 0) is 31.4 Å². The second kappa shape index (κ2) is 7.09. The summed E-state index contributed by atoms with van der Waals surface area (Å²) in [6.07, 6.45) is 2.66. The minimum absolute atomic E-state index is 0.0809. The highest BCUT2D eigenvalue weighted by Gasteiger charge is 2.17. The number of rotatable bonds is 7. The molecule has 1 amide bonds. The molecule has 2 atom stereocenters. The Bertz CT molecular complexity index is 665. The largest absolute Gasteiger partial charge is 0.481 e. The molecule has 0 radical (unpaired) electrons. The molecule has 0 fully saturated rings. The van der Waals surface area contributed by atoms with E-state index in [9.17, 15) is 9.59 Å². The minimum atomic E-state index is -0.949. The molecule has 0 bridgehead atoms. The summed E-state index contributed by atoms with van der Waals surface area (Å²) in [6.45, 7) is 1.91. The van der Waals surface area contributed by atoms with E-state index in [0.29, 0.717) is 6.42 Å². The van der Waals surface area contributed by atoms with Crippen molar-refractivity contribution < 1.29 is 14.7 Å². The van der Waals surface area contributed by atoms with Crippen LogP contribution < -0.4 is 11.1 Å². The summed E-state index contributed by atoms with van der Waals surface area (Å²) in [5.41, 5.74) is 7.89. The van der Waals surface area contributed by atoms with E-state index in [4.69, 9.17) is 10.8 Å². The SMILES string of the molecule is C[C@H](Cc1c[nH]c2ccccc12)NC(=O)[C@@H](N)CCC(=O)O. The number of H-pyrrole nitrogens is 1. The molecule has 1 aromatic heterocycles. The topological polar surface area (TPSA) is 108 Å². The lowest BCUT2D eigenvalue weighted by Crippen LogP contribution is -2.45. The van der Waals surface area contributed by atoms with E-state index in [-0.39, 0.29) is 24.8 Å². The average Bonchev–Trinajstić information content (AvgIpc) is 2.87. The third kappa shape index (κ3) is 4.08. The number of carbonyl (C=O) groups excluding carboxylic acids is 1. The summed E-state index contributed by atoms with van der Waals surface area (Å²) in [7, 11) is 0. The molecule has 2 aromatic rings. The average molecular weight is 303 g/mol. The zero-order valence-electron chi connectivity index (χ0n) is 12.5. The van der Waals surface area contributed by atoms with Crippen molar-refractivity contribution in [3.8, 4) is 0 Å². The molecule has 6 nitrogen and oxygen atoms in total. The molecule has 22 heavy (non-hydrogen) atoms. The smallest absolute Gasteiger partial charge is 0.303 e. The van der Waals surface area contributed by atoms with Crippen molar-refractivity contribution in [3.63, 3.8) is 0 Å². The van der Waals surface area contributed by atoms with Gasteiger partial charge in [-0.15, -0.1) is 0 Å². The van der Waals surface area contributed by atoms with Crippen LogP contribution in [0.15, 0.2) is 30.5 Å². The van der Waals surface area contributed by atoms with Crippen molar-refractivity contribution in [1.82, 2.24) is 10.3 Å². The van der Waals surface area contributed by atoms with Crippen LogP contribution in [0.5, 0.6) is 0 Å². The number of aromatic amines is 1. The van der Waals surface area contributed by atoms with Gasteiger partial charge < -0.3 is 21.1 Å². The number of para-hydroxylation sites is 1. The predicted octanol–water partition coefficient (Wildman–Crippen LogP) is 1.41. The number of nitrogens with one attached hydrogen (secondary N) is 2. The molecule has 1 aromatic carbocycles. The first kappa shape index (κ1) is 16.0. The monoisotopic (exact) mass is 303 g/mol. The van der Waals surface area contributed by atoms with Crippen molar-refractivity contribution in [3.05, 3.63) is 36.0 Å². The second-order valence-corrected chi connectivity index (χ2v) is 5.51. The number of carbonyl (C=O) groups is 2. The number of nitrogens with two attached hydrogens (primary N) is 1. The number of hydrogen-bond donors (Lipinski definition) is 4. The van der Waals surface area contributed by atoms with E-state index in [0.717, 1.165) is 16.5 Å². The molecule has 0 saturated heterocycles. The number of carboxylic acids is 1. The third-order valence-electron chi connectivity index (χ3n) is 3.60. The summed E-state index contributed by atoms with van der Waals surface area (Å²) >= 11 is 0. The number of aliphatic carboxylic acids is 1. The highest BCUT2D eigenvalue weighted by molar-refractivity contribution is 5.84. The summed E-state index contributed by atoms with van der Waals surface area (Å²) < 4.78 is 0. The molecule has 2 rings (SSSR count). The van der Waals surface area contributed by atoms with Crippen molar-refractivity contribution in [2.24, 2.45) is 5.73 Å². The van der Waals surface area contributed by atoms with Gasteiger partial charge in [0.25, 0.3) is 0 Å². The molecule has 5 N–H and O–H groups in total. The van der Waals surface area contributed by atoms with Crippen molar-refractivity contribution in [2.75, 3.05) is 0 Å². The number of amides is 1. The summed E-state index contributed by atoms with van der Waals surface area (Å²) in [4.78, 5) is 25.6. The molecule has 0 aliphatic heterocycles. The van der Waals surface area contributed by atoms with Crippen molar-refractivity contribution >= 4 is 22.8 Å². The minimum Gasteiger partial charge on any atom is -0.481 e. The van der Waals surface area contributed by atoms with Crippen LogP contribution in [0, 0.1) is 0 Å². The first-order chi connectivity index (χ1) is 10.5. The van der Waals surface area contributed by atoms with Crippen LogP contribution >= 0.6 is 0 Å². The number of carboxylic acid groups (broad SMARTS) is 1. The zero-order valence-corrected chi connectivity index (χ0v) is 12.5. The fourth-order valence-corrected chi connectivity index (χ4v) is 2.44. The number of fused-ring (bicyclic) bond motifs is 1. The number of hydrogen-bond acceptors (Lipinski definition) is 3. The van der Waals surface area contributed by atoms with Gasteiger partial charge in [-0.2, -0.15) is 0 Å². The lowest BCUT2D eigenvalue weighted by Gasteiger charge is -2.17. The van der Waals surface area contributed by atoms with Crippen LogP contribution in [0.2, 0.25) is 0 Å². The normalized spacial score (nSPS) is 13.7. The van der Waals surface area contributed by atoms with E-state index >= 15 is 0 Å². The van der Waals surface area contributed by atoms with Gasteiger partial charge in [-0.1, -0.05) is 18.2 Å². The van der Waals surface area contributed by atoms with Crippen LogP contribution in [-0.2, 0) is 16.0 Å². The predicted molar refractivity (Wildman–Crippen MR) is 84.5 cm³/mol. The summed E-state index contributed by atoms with van der Waals surface area (Å²) in [5.74, 6) is -1.26. The van der Waals surface area contributed by atoms with E-state index in [1.54, 1.807) is 0 Å². The Morgan fingerprint density at radius 3 is 2.82 bits per heavy atom. The lowest BCUT2D eigenvalue weighted by molar-refractivity contribution is -0.137. The van der Waals surface area contributed by atoms with Gasteiger partial charge in [-0.3, -0.25) is 9.59 Å². The zero-order chi connectivity index (χ0) is 16.1. The molecular formula is C16H21N3O3. The van der Waals surface area contributed by atoms with Gasteiger partial charge in [0.05, 0.1) is 6.04 Å². The fraction of sp³-hybridized carbons (Fsp3) is 0.375. The Morgan fingerprint density at radius 2 is 2.09 bits per heavy atom. The summed E-state index contributed by atoms with van der Waals surface area (Å²) in [6, 6.07) is 7.11. The van der Waals surface area contributed by atoms with E-state index in [1.165, 1.54) is 0 Å². The lowest BCUT2D eigenvalue weighted by atomic mass is 10.1. The van der Waals surface area contributed by atoms with Crippen LogP contribution in [0.1, 0.15) is 25.3 Å².